The number of rotatable bonds is 5. The minimum absolute atomic E-state index is 0.0486. The zero-order valence-corrected chi connectivity index (χ0v) is 18.9. The van der Waals surface area contributed by atoms with Crippen molar-refractivity contribution in [2.24, 2.45) is 0 Å². The molecule has 7 nitrogen and oxygen atoms in total. The number of nitrogens with one attached hydrogen (secondary N) is 2. The summed E-state index contributed by atoms with van der Waals surface area (Å²) in [4.78, 5) is 32.0. The molecule has 1 amide bonds. The molecule has 2 saturated heterocycles. The fourth-order valence-corrected chi connectivity index (χ4v) is 5.07. The number of carbonyl (C=O) groups excluding carboxylic acids is 1. The van der Waals surface area contributed by atoms with Crippen molar-refractivity contribution in [3.05, 3.63) is 63.1 Å². The molecule has 0 spiro atoms. The molecule has 32 heavy (non-hydrogen) atoms. The van der Waals surface area contributed by atoms with Gasteiger partial charge in [-0.1, -0.05) is 13.0 Å². The van der Waals surface area contributed by atoms with E-state index in [1.807, 2.05) is 19.1 Å². The molecular weight excluding hydrogens is 402 g/mol. The molecule has 1 aromatic heterocycles. The Labute approximate surface area is 189 Å². The lowest BCUT2D eigenvalue weighted by atomic mass is 10.00. The predicted octanol–water partition coefficient (Wildman–Crippen LogP) is 2.63. The first-order chi connectivity index (χ1) is 15.5. The Bertz CT molecular complexity index is 1080. The van der Waals surface area contributed by atoms with Gasteiger partial charge >= 0.3 is 0 Å². The molecule has 3 heterocycles. The van der Waals surface area contributed by atoms with E-state index in [0.29, 0.717) is 23.1 Å². The Morgan fingerprint density at radius 1 is 1.19 bits per heavy atom. The summed E-state index contributed by atoms with van der Waals surface area (Å²) in [5.74, 6) is 0.204. The summed E-state index contributed by atoms with van der Waals surface area (Å²) in [6, 6.07) is 12.2. The van der Waals surface area contributed by atoms with Crippen LogP contribution in [0.25, 0.3) is 0 Å². The lowest BCUT2D eigenvalue weighted by Crippen LogP contribution is -2.44. The van der Waals surface area contributed by atoms with E-state index in [1.165, 1.54) is 0 Å². The molecular formula is C25H31N5O2. The molecule has 7 heteroatoms. The molecule has 0 bridgehead atoms. The number of amides is 1. The number of anilines is 1. The highest BCUT2D eigenvalue weighted by atomic mass is 16.1. The van der Waals surface area contributed by atoms with E-state index >= 15 is 0 Å². The van der Waals surface area contributed by atoms with Gasteiger partial charge in [0.2, 0.25) is 0 Å². The number of benzene rings is 1. The summed E-state index contributed by atoms with van der Waals surface area (Å²) in [5.41, 5.74) is 3.91. The number of hydrogen-bond donors (Lipinski definition) is 2. The quantitative estimate of drug-likeness (QED) is 0.756. The molecule has 2 N–H and O–H groups in total. The van der Waals surface area contributed by atoms with Gasteiger partial charge in [-0.2, -0.15) is 5.26 Å². The molecule has 2 fully saturated rings. The second kappa shape index (κ2) is 9.58. The topological polar surface area (TPSA) is 92.2 Å². The van der Waals surface area contributed by atoms with E-state index in [4.69, 9.17) is 0 Å². The van der Waals surface area contributed by atoms with Gasteiger partial charge in [0.15, 0.2) is 0 Å². The van der Waals surface area contributed by atoms with Crippen molar-refractivity contribution in [2.45, 2.75) is 44.6 Å². The first-order valence-corrected chi connectivity index (χ1v) is 11.5. The summed E-state index contributed by atoms with van der Waals surface area (Å²) < 4.78 is 0. The van der Waals surface area contributed by atoms with Gasteiger partial charge in [-0.15, -0.1) is 0 Å². The van der Waals surface area contributed by atoms with E-state index < -0.39 is 0 Å². The predicted molar refractivity (Wildman–Crippen MR) is 125 cm³/mol. The number of aryl methyl sites for hydroxylation is 1. The molecule has 4 rings (SSSR count). The summed E-state index contributed by atoms with van der Waals surface area (Å²) in [6.07, 6.45) is 3.91. The number of hydrogen-bond acceptors (Lipinski definition) is 5. The zero-order chi connectivity index (χ0) is 22.7. The van der Waals surface area contributed by atoms with Gasteiger partial charge in [0.25, 0.3) is 11.5 Å². The summed E-state index contributed by atoms with van der Waals surface area (Å²) >= 11 is 0. The normalized spacial score (nSPS) is 19.7. The number of H-pyrrole nitrogens is 1. The second-order valence-corrected chi connectivity index (χ2v) is 8.74. The Hall–Kier alpha value is -3.11. The van der Waals surface area contributed by atoms with Crippen LogP contribution in [-0.4, -0.2) is 55.1 Å². The Morgan fingerprint density at radius 3 is 2.62 bits per heavy atom. The molecule has 168 valence electrons. The van der Waals surface area contributed by atoms with Crippen molar-refractivity contribution in [3.63, 3.8) is 0 Å². The standard InChI is InChI=1S/C25H31N5O2/c1-3-17-4-6-22(28-25(17)32)19-8-11-30(16-19)21-9-12-29(13-10-21)23-7-5-18(24(31)27-2)14-20(23)15-26/h4-7,14,19,21H,3,8-13,16H2,1-2H3,(H,27,31)(H,28,32). The van der Waals surface area contributed by atoms with Crippen LogP contribution < -0.4 is 15.8 Å². The van der Waals surface area contributed by atoms with Crippen molar-refractivity contribution in [2.75, 3.05) is 38.1 Å². The van der Waals surface area contributed by atoms with Gasteiger partial charge in [-0.3, -0.25) is 14.5 Å². The number of aromatic nitrogens is 1. The SMILES string of the molecule is CCc1ccc(C2CCN(C3CCN(c4ccc(C(=O)NC)cc4C#N)CC3)C2)[nH]c1=O. The van der Waals surface area contributed by atoms with E-state index in [2.05, 4.69) is 32.2 Å². The molecule has 2 aromatic rings. The number of nitriles is 1. The Balaban J connectivity index is 1.37. The lowest BCUT2D eigenvalue weighted by Gasteiger charge is -2.38. The number of nitrogens with zero attached hydrogens (tertiary/aromatic N) is 3. The van der Waals surface area contributed by atoms with E-state index in [9.17, 15) is 14.9 Å². The van der Waals surface area contributed by atoms with Crippen LogP contribution in [0.1, 0.15) is 59.3 Å². The Kier molecular flexibility index (Phi) is 6.61. The maximum Gasteiger partial charge on any atom is 0.251 e. The highest BCUT2D eigenvalue weighted by Crippen LogP contribution is 2.31. The van der Waals surface area contributed by atoms with Crippen molar-refractivity contribution in [1.29, 1.82) is 5.26 Å². The smallest absolute Gasteiger partial charge is 0.251 e. The maximum atomic E-state index is 12.2. The van der Waals surface area contributed by atoms with Crippen molar-refractivity contribution in [3.8, 4) is 6.07 Å². The maximum absolute atomic E-state index is 12.2. The lowest BCUT2D eigenvalue weighted by molar-refractivity contribution is 0.0963. The monoisotopic (exact) mass is 433 g/mol. The average Bonchev–Trinajstić information content (AvgIpc) is 3.33. The van der Waals surface area contributed by atoms with Gasteiger partial charge in [0, 0.05) is 55.5 Å². The average molecular weight is 434 g/mol. The van der Waals surface area contributed by atoms with Crippen molar-refractivity contribution < 1.29 is 4.79 Å². The van der Waals surface area contributed by atoms with Crippen LogP contribution in [-0.2, 0) is 6.42 Å². The third-order valence-electron chi connectivity index (χ3n) is 6.98. The number of piperidine rings is 1. The van der Waals surface area contributed by atoms with Crippen molar-refractivity contribution in [1.82, 2.24) is 15.2 Å². The summed E-state index contributed by atoms with van der Waals surface area (Å²) in [7, 11) is 1.59. The number of aromatic amines is 1. The Morgan fingerprint density at radius 2 is 1.97 bits per heavy atom. The van der Waals surface area contributed by atoms with Crippen LogP contribution in [0, 0.1) is 11.3 Å². The first kappa shape index (κ1) is 22.1. The minimum atomic E-state index is -0.180. The molecule has 2 aliphatic heterocycles. The van der Waals surface area contributed by atoms with Gasteiger partial charge in [0.05, 0.1) is 11.3 Å². The molecule has 1 unspecified atom stereocenters. The van der Waals surface area contributed by atoms with Gasteiger partial charge in [0.1, 0.15) is 6.07 Å². The fourth-order valence-electron chi connectivity index (χ4n) is 5.07. The van der Waals surface area contributed by atoms with Crippen LogP contribution in [0.3, 0.4) is 0 Å². The number of carbonyl (C=O) groups is 1. The molecule has 1 atom stereocenters. The van der Waals surface area contributed by atoms with E-state index in [-0.39, 0.29) is 11.5 Å². The minimum Gasteiger partial charge on any atom is -0.370 e. The molecule has 2 aliphatic rings. The van der Waals surface area contributed by atoms with E-state index in [0.717, 1.165) is 68.8 Å². The molecule has 0 radical (unpaired) electrons. The van der Waals surface area contributed by atoms with Crippen LogP contribution in [0.5, 0.6) is 0 Å². The molecule has 0 aliphatic carbocycles. The molecule has 0 saturated carbocycles. The number of likely N-dealkylation sites (tertiary alicyclic amines) is 1. The highest BCUT2D eigenvalue weighted by Gasteiger charge is 2.32. The summed E-state index contributed by atoms with van der Waals surface area (Å²) in [5, 5.41) is 12.2. The second-order valence-electron chi connectivity index (χ2n) is 8.74. The third-order valence-corrected chi connectivity index (χ3v) is 6.98. The number of pyridine rings is 1. The van der Waals surface area contributed by atoms with Crippen LogP contribution >= 0.6 is 0 Å². The zero-order valence-electron chi connectivity index (χ0n) is 18.9. The van der Waals surface area contributed by atoms with Gasteiger partial charge in [-0.25, -0.2) is 0 Å². The first-order valence-electron chi connectivity index (χ1n) is 11.5. The molecule has 1 aromatic carbocycles. The fraction of sp³-hybridized carbons (Fsp3) is 0.480. The van der Waals surface area contributed by atoms with Gasteiger partial charge in [-0.05, 0) is 56.5 Å². The summed E-state index contributed by atoms with van der Waals surface area (Å²) in [6.45, 7) is 5.82. The largest absolute Gasteiger partial charge is 0.370 e. The van der Waals surface area contributed by atoms with Gasteiger partial charge < -0.3 is 15.2 Å². The third kappa shape index (κ3) is 4.42. The van der Waals surface area contributed by atoms with E-state index in [1.54, 1.807) is 19.2 Å². The van der Waals surface area contributed by atoms with Crippen LogP contribution in [0.4, 0.5) is 5.69 Å². The van der Waals surface area contributed by atoms with Crippen LogP contribution in [0.2, 0.25) is 0 Å². The highest BCUT2D eigenvalue weighted by molar-refractivity contribution is 5.95. The van der Waals surface area contributed by atoms with Crippen molar-refractivity contribution >= 4 is 11.6 Å². The van der Waals surface area contributed by atoms with Crippen LogP contribution in [0.15, 0.2) is 35.1 Å².